The van der Waals surface area contributed by atoms with Crippen LogP contribution in [0.25, 0.3) is 0 Å². The molecular formula is C14H28N2O3S. The third-order valence-electron chi connectivity index (χ3n) is 4.02. The lowest BCUT2D eigenvalue weighted by molar-refractivity contribution is 0.0247. The first-order chi connectivity index (χ1) is 9.44. The second-order valence-electron chi connectivity index (χ2n) is 6.46. The molecule has 1 N–H and O–H groups in total. The van der Waals surface area contributed by atoms with E-state index in [-0.39, 0.29) is 6.10 Å². The van der Waals surface area contributed by atoms with Crippen molar-refractivity contribution in [3.8, 4) is 0 Å². The Balaban J connectivity index is 1.64. The summed E-state index contributed by atoms with van der Waals surface area (Å²) in [5, 5.41) is 3.44. The predicted octanol–water partition coefficient (Wildman–Crippen LogP) is 0.510. The van der Waals surface area contributed by atoms with Crippen LogP contribution in [0.5, 0.6) is 0 Å². The molecule has 0 aliphatic carbocycles. The Hall–Kier alpha value is -0.170. The van der Waals surface area contributed by atoms with Gasteiger partial charge in [0.15, 0.2) is 9.84 Å². The summed E-state index contributed by atoms with van der Waals surface area (Å²) in [6.07, 6.45) is 2.81. The van der Waals surface area contributed by atoms with Gasteiger partial charge in [-0.1, -0.05) is 13.8 Å². The quantitative estimate of drug-likeness (QED) is 0.775. The van der Waals surface area contributed by atoms with Crippen molar-refractivity contribution in [2.24, 2.45) is 5.92 Å². The minimum Gasteiger partial charge on any atom is -0.372 e. The van der Waals surface area contributed by atoms with Crippen LogP contribution in [0.2, 0.25) is 0 Å². The number of sulfone groups is 1. The van der Waals surface area contributed by atoms with E-state index in [0.29, 0.717) is 36.6 Å². The van der Waals surface area contributed by atoms with Gasteiger partial charge in [0.25, 0.3) is 0 Å². The zero-order chi connectivity index (χ0) is 14.6. The molecule has 2 aliphatic heterocycles. The molecule has 0 radical (unpaired) electrons. The van der Waals surface area contributed by atoms with Gasteiger partial charge in [0.05, 0.1) is 23.7 Å². The van der Waals surface area contributed by atoms with Crippen molar-refractivity contribution in [3.63, 3.8) is 0 Å². The van der Waals surface area contributed by atoms with Gasteiger partial charge in [0.2, 0.25) is 0 Å². The topological polar surface area (TPSA) is 58.6 Å². The molecule has 2 fully saturated rings. The van der Waals surface area contributed by atoms with Gasteiger partial charge in [-0.15, -0.1) is 0 Å². The van der Waals surface area contributed by atoms with Gasteiger partial charge in [-0.05, 0) is 25.3 Å². The standard InChI is InChI=1S/C14H28N2O3S/c1-12(2)9-15-10-13-3-4-14(19-13)11-16-5-7-20(17,18)8-6-16/h12-15H,3-11H2,1-2H3. The first kappa shape index (κ1) is 16.2. The average Bonchev–Trinajstić information content (AvgIpc) is 2.79. The molecule has 2 unspecified atom stereocenters. The molecule has 0 aromatic carbocycles. The summed E-state index contributed by atoms with van der Waals surface area (Å²) < 4.78 is 28.8. The third kappa shape index (κ3) is 5.31. The van der Waals surface area contributed by atoms with Crippen LogP contribution in [0, 0.1) is 5.92 Å². The summed E-state index contributed by atoms with van der Waals surface area (Å²) in [6.45, 7) is 8.59. The lowest BCUT2D eigenvalue weighted by Crippen LogP contribution is -2.44. The van der Waals surface area contributed by atoms with Gasteiger partial charge >= 0.3 is 0 Å². The molecule has 20 heavy (non-hydrogen) atoms. The van der Waals surface area contributed by atoms with Gasteiger partial charge in [-0.3, -0.25) is 4.90 Å². The molecular weight excluding hydrogens is 276 g/mol. The van der Waals surface area contributed by atoms with Crippen molar-refractivity contribution in [2.75, 3.05) is 44.2 Å². The summed E-state index contributed by atoms with van der Waals surface area (Å²) in [4.78, 5) is 2.23. The van der Waals surface area contributed by atoms with E-state index in [1.54, 1.807) is 0 Å². The largest absolute Gasteiger partial charge is 0.372 e. The number of hydrogen-bond donors (Lipinski definition) is 1. The maximum atomic E-state index is 11.4. The molecule has 0 bridgehead atoms. The fourth-order valence-corrected chi connectivity index (χ4v) is 4.10. The van der Waals surface area contributed by atoms with Crippen molar-refractivity contribution < 1.29 is 13.2 Å². The van der Waals surface area contributed by atoms with Crippen LogP contribution in [-0.4, -0.2) is 69.8 Å². The lowest BCUT2D eigenvalue weighted by Gasteiger charge is -2.28. The normalized spacial score (nSPS) is 30.9. The Kier molecular flexibility index (Phi) is 5.84. The van der Waals surface area contributed by atoms with Crippen molar-refractivity contribution in [2.45, 2.75) is 38.9 Å². The molecule has 2 rings (SSSR count). The zero-order valence-electron chi connectivity index (χ0n) is 12.7. The summed E-state index contributed by atoms with van der Waals surface area (Å²) in [5.41, 5.74) is 0. The minimum atomic E-state index is -2.77. The Labute approximate surface area is 123 Å². The van der Waals surface area contributed by atoms with Crippen LogP contribution in [-0.2, 0) is 14.6 Å². The van der Waals surface area contributed by atoms with E-state index in [2.05, 4.69) is 24.1 Å². The van der Waals surface area contributed by atoms with Crippen LogP contribution < -0.4 is 5.32 Å². The molecule has 0 amide bonds. The first-order valence-electron chi connectivity index (χ1n) is 7.73. The summed E-state index contributed by atoms with van der Waals surface area (Å²) in [7, 11) is -2.77. The third-order valence-corrected chi connectivity index (χ3v) is 5.63. The highest BCUT2D eigenvalue weighted by atomic mass is 32.2. The highest BCUT2D eigenvalue weighted by Gasteiger charge is 2.29. The second kappa shape index (κ2) is 7.20. The van der Waals surface area contributed by atoms with E-state index in [0.717, 1.165) is 32.5 Å². The molecule has 2 atom stereocenters. The maximum Gasteiger partial charge on any atom is 0.152 e. The molecule has 0 spiro atoms. The Morgan fingerprint density at radius 1 is 1.20 bits per heavy atom. The van der Waals surface area contributed by atoms with Crippen LogP contribution in [0.1, 0.15) is 26.7 Å². The van der Waals surface area contributed by atoms with Crippen LogP contribution >= 0.6 is 0 Å². The Bertz CT molecular complexity index is 383. The molecule has 6 heteroatoms. The molecule has 5 nitrogen and oxygen atoms in total. The summed E-state index contributed by atoms with van der Waals surface area (Å²) >= 11 is 0. The summed E-state index contributed by atoms with van der Waals surface area (Å²) in [5.74, 6) is 1.28. The average molecular weight is 304 g/mol. The highest BCUT2D eigenvalue weighted by Crippen LogP contribution is 2.20. The monoisotopic (exact) mass is 304 g/mol. The van der Waals surface area contributed by atoms with Crippen molar-refractivity contribution in [1.29, 1.82) is 0 Å². The van der Waals surface area contributed by atoms with Crippen molar-refractivity contribution in [1.82, 2.24) is 10.2 Å². The van der Waals surface area contributed by atoms with E-state index in [1.807, 2.05) is 0 Å². The number of nitrogens with one attached hydrogen (secondary N) is 1. The molecule has 0 aromatic rings. The fraction of sp³-hybridized carbons (Fsp3) is 1.00. The number of ether oxygens (including phenoxy) is 1. The van der Waals surface area contributed by atoms with Gasteiger partial charge in [-0.2, -0.15) is 0 Å². The molecule has 2 heterocycles. The van der Waals surface area contributed by atoms with Crippen LogP contribution in [0.15, 0.2) is 0 Å². The SMILES string of the molecule is CC(C)CNCC1CCC(CN2CCS(=O)(=O)CC2)O1. The molecule has 118 valence electrons. The number of nitrogens with zero attached hydrogens (tertiary/aromatic N) is 1. The smallest absolute Gasteiger partial charge is 0.152 e. The fourth-order valence-electron chi connectivity index (χ4n) is 2.82. The number of rotatable bonds is 6. The second-order valence-corrected chi connectivity index (χ2v) is 8.77. The lowest BCUT2D eigenvalue weighted by atomic mass is 10.1. The minimum absolute atomic E-state index is 0.279. The Morgan fingerprint density at radius 3 is 2.50 bits per heavy atom. The first-order valence-corrected chi connectivity index (χ1v) is 9.56. The van der Waals surface area contributed by atoms with E-state index in [4.69, 9.17) is 4.74 Å². The summed E-state index contributed by atoms with van der Waals surface area (Å²) in [6, 6.07) is 0. The van der Waals surface area contributed by atoms with E-state index in [9.17, 15) is 8.42 Å². The van der Waals surface area contributed by atoms with E-state index >= 15 is 0 Å². The molecule has 2 aliphatic rings. The van der Waals surface area contributed by atoms with Crippen LogP contribution in [0.4, 0.5) is 0 Å². The van der Waals surface area contributed by atoms with Crippen molar-refractivity contribution >= 4 is 9.84 Å². The molecule has 2 saturated heterocycles. The maximum absolute atomic E-state index is 11.4. The molecule has 0 saturated carbocycles. The van der Waals surface area contributed by atoms with E-state index in [1.165, 1.54) is 0 Å². The van der Waals surface area contributed by atoms with Crippen molar-refractivity contribution in [3.05, 3.63) is 0 Å². The Morgan fingerprint density at radius 2 is 1.85 bits per heavy atom. The van der Waals surface area contributed by atoms with Gasteiger partial charge in [0.1, 0.15) is 0 Å². The van der Waals surface area contributed by atoms with Gasteiger partial charge in [0, 0.05) is 26.2 Å². The van der Waals surface area contributed by atoms with Gasteiger partial charge in [-0.25, -0.2) is 8.42 Å². The van der Waals surface area contributed by atoms with Crippen LogP contribution in [0.3, 0.4) is 0 Å². The van der Waals surface area contributed by atoms with Gasteiger partial charge < -0.3 is 10.1 Å². The zero-order valence-corrected chi connectivity index (χ0v) is 13.5. The predicted molar refractivity (Wildman–Crippen MR) is 80.7 cm³/mol. The number of hydrogen-bond acceptors (Lipinski definition) is 5. The molecule has 0 aromatic heterocycles. The van der Waals surface area contributed by atoms with E-state index < -0.39 is 9.84 Å². The highest BCUT2D eigenvalue weighted by molar-refractivity contribution is 7.91.